The lowest BCUT2D eigenvalue weighted by atomic mass is 10.0. The second-order valence-electron chi connectivity index (χ2n) is 9.37. The molecule has 0 aliphatic carbocycles. The first-order valence-electron chi connectivity index (χ1n) is 13.3. The maximum absolute atomic E-state index is 13.7. The van der Waals surface area contributed by atoms with E-state index >= 15 is 0 Å². The Labute approximate surface area is 235 Å². The minimum absolute atomic E-state index is 0.0730. The molecule has 3 N–H and O–H groups in total. The van der Waals surface area contributed by atoms with Crippen molar-refractivity contribution in [1.82, 2.24) is 14.9 Å². The molecule has 2 amide bonds. The fourth-order valence-electron chi connectivity index (χ4n) is 4.25. The number of sulfonamides is 1. The van der Waals surface area contributed by atoms with E-state index in [1.54, 1.807) is 31.2 Å². The topological polar surface area (TPSA) is 116 Å². The Morgan fingerprint density at radius 3 is 2.20 bits per heavy atom. The molecule has 0 heterocycles. The monoisotopic (exact) mass is 569 g/mol. The number of aliphatic hydroxyl groups is 1. The minimum atomic E-state index is -3.58. The maximum atomic E-state index is 13.7. The Bertz CT molecular complexity index is 1330. The summed E-state index contributed by atoms with van der Waals surface area (Å²) in [6, 6.07) is 20.7. The van der Waals surface area contributed by atoms with Gasteiger partial charge < -0.3 is 15.3 Å². The van der Waals surface area contributed by atoms with Crippen molar-refractivity contribution in [2.24, 2.45) is 0 Å². The quantitative estimate of drug-likeness (QED) is 0.243. The highest BCUT2D eigenvalue weighted by molar-refractivity contribution is 7.89. The lowest BCUT2D eigenvalue weighted by molar-refractivity contribution is -0.141. The van der Waals surface area contributed by atoms with Crippen molar-refractivity contribution in [3.8, 4) is 0 Å². The van der Waals surface area contributed by atoms with E-state index in [2.05, 4.69) is 10.0 Å². The van der Waals surface area contributed by atoms with Crippen LogP contribution < -0.4 is 10.0 Å². The second kappa shape index (κ2) is 15.3. The van der Waals surface area contributed by atoms with Gasteiger partial charge in [-0.2, -0.15) is 0 Å². The molecule has 0 aromatic heterocycles. The van der Waals surface area contributed by atoms with E-state index in [-0.39, 0.29) is 55.8 Å². The largest absolute Gasteiger partial charge is 0.396 e. The fourth-order valence-corrected chi connectivity index (χ4v) is 5.29. The Balaban J connectivity index is 1.85. The van der Waals surface area contributed by atoms with Crippen molar-refractivity contribution in [3.05, 3.63) is 101 Å². The molecule has 214 valence electrons. The highest BCUT2D eigenvalue weighted by atomic mass is 32.2. The summed E-state index contributed by atoms with van der Waals surface area (Å²) in [4.78, 5) is 28.7. The van der Waals surface area contributed by atoms with Gasteiger partial charge in [0.15, 0.2) is 0 Å². The molecule has 0 radical (unpaired) electrons. The molecule has 0 bridgehead atoms. The number of amides is 2. The molecule has 0 aliphatic rings. The standard InChI is InChI=1S/C30H36FN3O5S/c1-2-33-40(38,39)27-16-11-23(12-17-27)13-18-29(36)34(22-25-9-14-26(31)15-10-25)28(30(37)32-19-6-20-35)21-24-7-4-3-5-8-24/h3-5,7-12,14-17,28,33,35H,2,6,13,18-22H2,1H3,(H,32,37)/t28-/m1/s1. The van der Waals surface area contributed by atoms with E-state index in [1.165, 1.54) is 29.2 Å². The predicted molar refractivity (Wildman–Crippen MR) is 151 cm³/mol. The number of nitrogens with one attached hydrogen (secondary N) is 2. The minimum Gasteiger partial charge on any atom is -0.396 e. The first kappa shape index (κ1) is 30.9. The number of benzene rings is 3. The number of hydrogen-bond acceptors (Lipinski definition) is 5. The Hall–Kier alpha value is -3.60. The molecule has 10 heteroatoms. The van der Waals surface area contributed by atoms with Gasteiger partial charge in [0.1, 0.15) is 11.9 Å². The summed E-state index contributed by atoms with van der Waals surface area (Å²) in [5, 5.41) is 12.0. The summed E-state index contributed by atoms with van der Waals surface area (Å²) in [7, 11) is -3.58. The van der Waals surface area contributed by atoms with Crippen molar-refractivity contribution in [2.45, 2.75) is 50.1 Å². The lowest BCUT2D eigenvalue weighted by Crippen LogP contribution is -2.50. The normalized spacial score (nSPS) is 12.1. The summed E-state index contributed by atoms with van der Waals surface area (Å²) < 4.78 is 40.5. The van der Waals surface area contributed by atoms with Crippen molar-refractivity contribution < 1.29 is 27.5 Å². The zero-order valence-electron chi connectivity index (χ0n) is 22.6. The number of carbonyl (C=O) groups excluding carboxylic acids is 2. The van der Waals surface area contributed by atoms with Gasteiger partial charge in [0.25, 0.3) is 0 Å². The van der Waals surface area contributed by atoms with Crippen LogP contribution in [0.5, 0.6) is 0 Å². The molecular weight excluding hydrogens is 533 g/mol. The van der Waals surface area contributed by atoms with Crippen molar-refractivity contribution >= 4 is 21.8 Å². The van der Waals surface area contributed by atoms with Gasteiger partial charge in [0.2, 0.25) is 21.8 Å². The van der Waals surface area contributed by atoms with Gasteiger partial charge in [-0.05, 0) is 53.8 Å². The molecule has 1 atom stereocenters. The molecule has 0 unspecified atom stereocenters. The van der Waals surface area contributed by atoms with Crippen LogP contribution in [0, 0.1) is 5.82 Å². The van der Waals surface area contributed by atoms with E-state index in [0.717, 1.165) is 11.1 Å². The van der Waals surface area contributed by atoms with Crippen molar-refractivity contribution in [2.75, 3.05) is 19.7 Å². The highest BCUT2D eigenvalue weighted by Gasteiger charge is 2.30. The lowest BCUT2D eigenvalue weighted by Gasteiger charge is -2.31. The van der Waals surface area contributed by atoms with Gasteiger partial charge in [-0.15, -0.1) is 0 Å². The Morgan fingerprint density at radius 2 is 1.57 bits per heavy atom. The summed E-state index contributed by atoms with van der Waals surface area (Å²) in [6.45, 7) is 2.27. The highest BCUT2D eigenvalue weighted by Crippen LogP contribution is 2.18. The Morgan fingerprint density at radius 1 is 0.925 bits per heavy atom. The maximum Gasteiger partial charge on any atom is 0.243 e. The van der Waals surface area contributed by atoms with E-state index in [1.807, 2.05) is 30.3 Å². The van der Waals surface area contributed by atoms with E-state index in [4.69, 9.17) is 5.11 Å². The number of rotatable bonds is 15. The molecule has 0 fully saturated rings. The number of carbonyl (C=O) groups is 2. The first-order valence-corrected chi connectivity index (χ1v) is 14.8. The van der Waals surface area contributed by atoms with Gasteiger partial charge in [0.05, 0.1) is 4.90 Å². The zero-order chi connectivity index (χ0) is 29.0. The van der Waals surface area contributed by atoms with Gasteiger partial charge >= 0.3 is 0 Å². The average Bonchev–Trinajstić information content (AvgIpc) is 2.95. The second-order valence-corrected chi connectivity index (χ2v) is 11.1. The summed E-state index contributed by atoms with van der Waals surface area (Å²) >= 11 is 0. The molecular formula is C30H36FN3O5S. The number of aliphatic hydroxyl groups excluding tert-OH is 1. The molecule has 3 aromatic rings. The van der Waals surface area contributed by atoms with Crippen LogP contribution in [0.3, 0.4) is 0 Å². The molecule has 8 nitrogen and oxygen atoms in total. The summed E-state index contributed by atoms with van der Waals surface area (Å²) in [6.07, 6.45) is 1.07. The van der Waals surface area contributed by atoms with Gasteiger partial charge in [-0.25, -0.2) is 17.5 Å². The third-order valence-corrected chi connectivity index (χ3v) is 7.93. The van der Waals surface area contributed by atoms with Gasteiger partial charge in [-0.1, -0.05) is 61.5 Å². The average molecular weight is 570 g/mol. The van der Waals surface area contributed by atoms with E-state index in [0.29, 0.717) is 18.4 Å². The molecule has 0 saturated heterocycles. The molecule has 0 saturated carbocycles. The molecule has 40 heavy (non-hydrogen) atoms. The van der Waals surface area contributed by atoms with E-state index in [9.17, 15) is 22.4 Å². The number of hydrogen-bond donors (Lipinski definition) is 3. The third kappa shape index (κ3) is 9.25. The predicted octanol–water partition coefficient (Wildman–Crippen LogP) is 3.20. The van der Waals surface area contributed by atoms with Crippen LogP contribution in [-0.4, -0.2) is 56.0 Å². The van der Waals surface area contributed by atoms with Crippen LogP contribution in [0.4, 0.5) is 4.39 Å². The van der Waals surface area contributed by atoms with Crippen molar-refractivity contribution in [1.29, 1.82) is 0 Å². The van der Waals surface area contributed by atoms with Crippen LogP contribution in [0.1, 0.15) is 36.5 Å². The summed E-state index contributed by atoms with van der Waals surface area (Å²) in [5.74, 6) is -1.01. The third-order valence-electron chi connectivity index (χ3n) is 6.37. The first-order chi connectivity index (χ1) is 19.2. The SMILES string of the molecule is CCNS(=O)(=O)c1ccc(CCC(=O)N(Cc2ccc(F)cc2)[C@H](Cc2ccccc2)C(=O)NCCCO)cc1. The Kier molecular flexibility index (Phi) is 11.8. The molecule has 3 aromatic carbocycles. The summed E-state index contributed by atoms with van der Waals surface area (Å²) in [5.41, 5.74) is 2.32. The number of nitrogens with zero attached hydrogens (tertiary/aromatic N) is 1. The van der Waals surface area contributed by atoms with Crippen LogP contribution in [-0.2, 0) is 39.0 Å². The molecule has 0 aliphatic heterocycles. The molecule has 3 rings (SSSR count). The van der Waals surface area contributed by atoms with Crippen LogP contribution in [0.25, 0.3) is 0 Å². The number of aryl methyl sites for hydroxylation is 1. The van der Waals surface area contributed by atoms with Gasteiger partial charge in [0, 0.05) is 39.1 Å². The van der Waals surface area contributed by atoms with Crippen LogP contribution >= 0.6 is 0 Å². The van der Waals surface area contributed by atoms with Crippen LogP contribution in [0.15, 0.2) is 83.8 Å². The van der Waals surface area contributed by atoms with E-state index < -0.39 is 21.9 Å². The van der Waals surface area contributed by atoms with Crippen molar-refractivity contribution in [3.63, 3.8) is 0 Å². The number of halogens is 1. The van der Waals surface area contributed by atoms with Gasteiger partial charge in [-0.3, -0.25) is 9.59 Å². The van der Waals surface area contributed by atoms with Crippen LogP contribution in [0.2, 0.25) is 0 Å². The zero-order valence-corrected chi connectivity index (χ0v) is 23.4. The molecule has 0 spiro atoms. The fraction of sp³-hybridized carbons (Fsp3) is 0.333. The smallest absolute Gasteiger partial charge is 0.243 e.